The number of nitrogens with one attached hydrogen (secondary N) is 1. The zero-order valence-electron chi connectivity index (χ0n) is 18.6. The lowest BCUT2D eigenvalue weighted by molar-refractivity contribution is 0.0992. The molecule has 0 saturated heterocycles. The van der Waals surface area contributed by atoms with E-state index in [0.717, 1.165) is 0 Å². The van der Waals surface area contributed by atoms with Gasteiger partial charge in [-0.2, -0.15) is 0 Å². The van der Waals surface area contributed by atoms with E-state index in [-0.39, 0.29) is 38.6 Å². The van der Waals surface area contributed by atoms with E-state index in [9.17, 15) is 13.2 Å². The van der Waals surface area contributed by atoms with Crippen molar-refractivity contribution in [3.8, 4) is 11.5 Å². The highest BCUT2D eigenvalue weighted by Crippen LogP contribution is 2.32. The second-order valence-electron chi connectivity index (χ2n) is 7.42. The van der Waals surface area contributed by atoms with Crippen LogP contribution in [-0.2, 0) is 16.4 Å². The van der Waals surface area contributed by atoms with Crippen LogP contribution in [0.25, 0.3) is 0 Å². The predicted octanol–water partition coefficient (Wildman–Crippen LogP) is 6.91. The number of benzene rings is 3. The van der Waals surface area contributed by atoms with Crippen molar-refractivity contribution in [1.82, 2.24) is 0 Å². The molecule has 0 radical (unpaired) electrons. The Bertz CT molecular complexity index is 1520. The average Bonchev–Trinajstić information content (AvgIpc) is 3.34. The minimum absolute atomic E-state index is 0.00396. The number of hydrogen-bond acceptors (Lipinski definition) is 6. The van der Waals surface area contributed by atoms with Crippen LogP contribution in [-0.4, -0.2) is 21.4 Å². The molecular weight excluding hydrogens is 549 g/mol. The first kappa shape index (κ1) is 25.9. The number of carbonyl (C=O) groups is 1. The molecule has 36 heavy (non-hydrogen) atoms. The lowest BCUT2D eigenvalue weighted by Crippen LogP contribution is -2.12. The summed E-state index contributed by atoms with van der Waals surface area (Å²) in [5, 5.41) is 3.66. The van der Waals surface area contributed by atoms with E-state index in [4.69, 9.17) is 48.7 Å². The fourth-order valence-electron chi connectivity index (χ4n) is 3.18. The summed E-state index contributed by atoms with van der Waals surface area (Å²) >= 11 is 18.0. The van der Waals surface area contributed by atoms with Gasteiger partial charge >= 0.3 is 0 Å². The summed E-state index contributed by atoms with van der Waals surface area (Å²) in [5.74, 6) is 0.387. The Hall–Kier alpha value is -3.17. The van der Waals surface area contributed by atoms with E-state index < -0.39 is 15.7 Å². The highest BCUT2D eigenvalue weighted by Gasteiger charge is 2.21. The van der Waals surface area contributed by atoms with Crippen molar-refractivity contribution in [3.63, 3.8) is 0 Å². The van der Waals surface area contributed by atoms with Crippen LogP contribution >= 0.6 is 34.8 Å². The Labute approximate surface area is 222 Å². The third-order valence-corrected chi connectivity index (χ3v) is 7.78. The lowest BCUT2D eigenvalue weighted by atomic mass is 10.3. The second kappa shape index (κ2) is 10.8. The summed E-state index contributed by atoms with van der Waals surface area (Å²) in [4.78, 5) is 12.8. The molecule has 0 aliphatic heterocycles. The molecule has 0 aliphatic carbocycles. The van der Waals surface area contributed by atoms with Crippen LogP contribution in [0.1, 0.15) is 16.3 Å². The van der Waals surface area contributed by atoms with Crippen molar-refractivity contribution in [1.29, 1.82) is 0 Å². The molecule has 4 aromatic rings. The summed E-state index contributed by atoms with van der Waals surface area (Å²) in [6.45, 7) is 0.00991. The van der Waals surface area contributed by atoms with Crippen LogP contribution in [0.3, 0.4) is 0 Å². The van der Waals surface area contributed by atoms with Gasteiger partial charge in [-0.05, 0) is 60.7 Å². The van der Waals surface area contributed by atoms with Crippen molar-refractivity contribution < 1.29 is 27.1 Å². The Morgan fingerprint density at radius 1 is 0.944 bits per heavy atom. The van der Waals surface area contributed by atoms with E-state index >= 15 is 0 Å². The van der Waals surface area contributed by atoms with Gasteiger partial charge in [-0.1, -0.05) is 40.9 Å². The van der Waals surface area contributed by atoms with Gasteiger partial charge in [0.15, 0.2) is 5.76 Å². The molecule has 1 aromatic heterocycles. The fraction of sp³-hybridized carbons (Fsp3) is 0.0800. The lowest BCUT2D eigenvalue weighted by Gasteiger charge is -2.11. The van der Waals surface area contributed by atoms with Crippen LogP contribution in [0.15, 0.2) is 87.0 Å². The van der Waals surface area contributed by atoms with Gasteiger partial charge in [0.2, 0.25) is 9.84 Å². The third kappa shape index (κ3) is 5.79. The summed E-state index contributed by atoms with van der Waals surface area (Å²) in [6.07, 6.45) is 0. The van der Waals surface area contributed by atoms with Crippen LogP contribution in [0.4, 0.5) is 5.69 Å². The first-order valence-corrected chi connectivity index (χ1v) is 13.0. The Morgan fingerprint density at radius 3 is 2.42 bits per heavy atom. The normalized spacial score (nSPS) is 11.2. The van der Waals surface area contributed by atoms with Gasteiger partial charge in [0.25, 0.3) is 5.91 Å². The largest absolute Gasteiger partial charge is 0.497 e. The van der Waals surface area contributed by atoms with Crippen molar-refractivity contribution in [2.75, 3.05) is 12.4 Å². The van der Waals surface area contributed by atoms with Gasteiger partial charge in [0.05, 0.1) is 21.9 Å². The molecule has 0 aliphatic rings. The van der Waals surface area contributed by atoms with E-state index in [2.05, 4.69) is 5.32 Å². The monoisotopic (exact) mass is 565 g/mol. The molecule has 11 heteroatoms. The van der Waals surface area contributed by atoms with Crippen molar-refractivity contribution >= 4 is 56.2 Å². The van der Waals surface area contributed by atoms with Crippen molar-refractivity contribution in [2.24, 2.45) is 0 Å². The van der Waals surface area contributed by atoms with Crippen LogP contribution in [0, 0.1) is 0 Å². The smallest absolute Gasteiger partial charge is 0.291 e. The summed E-state index contributed by atoms with van der Waals surface area (Å²) < 4.78 is 42.6. The maximum atomic E-state index is 13.1. The van der Waals surface area contributed by atoms with Crippen molar-refractivity contribution in [2.45, 2.75) is 16.4 Å². The standard InChI is InChI=1S/C25H18Cl3NO6S/c1-33-18-11-16(12-20(13-18)36(31,32)19-8-5-15(26)6-9-19)29-25(30)23-10-7-17(35-23)14-34-22-4-2-3-21(27)24(22)28/h2-13H,14H2,1H3,(H,29,30). The van der Waals surface area contributed by atoms with E-state index in [1.165, 1.54) is 55.6 Å². The number of amides is 1. The number of halogens is 3. The molecule has 1 amide bonds. The van der Waals surface area contributed by atoms with Gasteiger partial charge in [-0.3, -0.25) is 4.79 Å². The van der Waals surface area contributed by atoms with Gasteiger partial charge < -0.3 is 19.2 Å². The van der Waals surface area contributed by atoms with Crippen molar-refractivity contribution in [3.05, 3.63) is 99.4 Å². The molecule has 0 saturated carbocycles. The molecule has 0 bridgehead atoms. The van der Waals surface area contributed by atoms with E-state index in [0.29, 0.717) is 21.6 Å². The number of furan rings is 1. The molecule has 3 aromatic carbocycles. The third-order valence-electron chi connectivity index (χ3n) is 4.98. The van der Waals surface area contributed by atoms with Crippen LogP contribution in [0.2, 0.25) is 15.1 Å². The van der Waals surface area contributed by atoms with Gasteiger partial charge in [-0.25, -0.2) is 8.42 Å². The molecule has 4 rings (SSSR count). The number of methoxy groups -OCH3 is 1. The highest BCUT2D eigenvalue weighted by atomic mass is 35.5. The molecule has 1 heterocycles. The number of ether oxygens (including phenoxy) is 2. The SMILES string of the molecule is COc1cc(NC(=O)c2ccc(COc3cccc(Cl)c3Cl)o2)cc(S(=O)(=O)c2ccc(Cl)cc2)c1. The fourth-order valence-corrected chi connectivity index (χ4v) is 4.97. The van der Waals surface area contributed by atoms with E-state index in [1.807, 2.05) is 0 Å². The first-order valence-electron chi connectivity index (χ1n) is 10.3. The zero-order valence-corrected chi connectivity index (χ0v) is 21.7. The minimum atomic E-state index is -3.90. The van der Waals surface area contributed by atoms with Gasteiger partial charge in [0.1, 0.15) is 28.9 Å². The molecule has 7 nitrogen and oxygen atoms in total. The van der Waals surface area contributed by atoms with Gasteiger partial charge in [0, 0.05) is 16.8 Å². The molecule has 0 unspecified atom stereocenters. The summed E-state index contributed by atoms with van der Waals surface area (Å²) in [6, 6.07) is 18.0. The number of rotatable bonds is 8. The second-order valence-corrected chi connectivity index (χ2v) is 10.6. The van der Waals surface area contributed by atoms with Crippen LogP contribution in [0.5, 0.6) is 11.5 Å². The molecule has 0 spiro atoms. The number of hydrogen-bond donors (Lipinski definition) is 1. The molecule has 0 atom stereocenters. The highest BCUT2D eigenvalue weighted by molar-refractivity contribution is 7.91. The number of sulfone groups is 1. The Balaban J connectivity index is 1.51. The summed E-state index contributed by atoms with van der Waals surface area (Å²) in [7, 11) is -2.50. The number of anilines is 1. The number of carbonyl (C=O) groups excluding carboxylic acids is 1. The maximum absolute atomic E-state index is 13.1. The first-order chi connectivity index (χ1) is 17.2. The topological polar surface area (TPSA) is 94.8 Å². The Morgan fingerprint density at radius 2 is 1.69 bits per heavy atom. The maximum Gasteiger partial charge on any atom is 0.291 e. The molecule has 186 valence electrons. The predicted molar refractivity (Wildman–Crippen MR) is 137 cm³/mol. The molecular formula is C25H18Cl3NO6S. The average molecular weight is 567 g/mol. The van der Waals surface area contributed by atoms with Gasteiger partial charge in [-0.15, -0.1) is 0 Å². The minimum Gasteiger partial charge on any atom is -0.497 e. The van der Waals surface area contributed by atoms with Crippen LogP contribution < -0.4 is 14.8 Å². The quantitative estimate of drug-likeness (QED) is 0.249. The Kier molecular flexibility index (Phi) is 7.80. The molecule has 1 N–H and O–H groups in total. The van der Waals surface area contributed by atoms with E-state index in [1.54, 1.807) is 24.3 Å². The zero-order chi connectivity index (χ0) is 25.9. The summed E-state index contributed by atoms with van der Waals surface area (Å²) in [5.41, 5.74) is 0.201. The molecule has 0 fully saturated rings.